The molecule has 2 aromatic carbocycles. The molecule has 0 spiro atoms. The molecular weight excluding hydrogens is 424 g/mol. The zero-order valence-corrected chi connectivity index (χ0v) is 17.7. The normalized spacial score (nSPS) is 11.6. The molecule has 0 saturated carbocycles. The number of H-pyrrole nitrogens is 1. The smallest absolute Gasteiger partial charge is 0.229 e. The van der Waals surface area contributed by atoms with Crippen molar-refractivity contribution in [3.63, 3.8) is 0 Å². The molecule has 0 unspecified atom stereocenters. The molecule has 0 aliphatic heterocycles. The Morgan fingerprint density at radius 1 is 1.00 bits per heavy atom. The Kier molecular flexibility index (Phi) is 5.05. The van der Waals surface area contributed by atoms with E-state index in [4.69, 9.17) is 11.6 Å². The van der Waals surface area contributed by atoms with E-state index in [0.29, 0.717) is 33.8 Å². The number of sulfonamides is 1. The molecular formula is C21H17ClN4O3S. The van der Waals surface area contributed by atoms with Gasteiger partial charge in [0.1, 0.15) is 0 Å². The van der Waals surface area contributed by atoms with Crippen LogP contribution in [-0.2, 0) is 10.0 Å². The maximum absolute atomic E-state index is 12.3. The lowest BCUT2D eigenvalue weighted by atomic mass is 10.0. The number of rotatable bonds is 4. The van der Waals surface area contributed by atoms with E-state index in [1.165, 1.54) is 12.3 Å². The molecule has 4 rings (SSSR count). The number of fused-ring (bicyclic) bond motifs is 1. The van der Waals surface area contributed by atoms with E-state index < -0.39 is 10.0 Å². The van der Waals surface area contributed by atoms with Gasteiger partial charge in [-0.25, -0.2) is 18.4 Å². The average molecular weight is 441 g/mol. The summed E-state index contributed by atoms with van der Waals surface area (Å²) in [5.41, 5.74) is 3.73. The van der Waals surface area contributed by atoms with E-state index in [0.717, 1.165) is 11.8 Å². The highest BCUT2D eigenvalue weighted by Crippen LogP contribution is 2.36. The second-order valence-electron chi connectivity index (χ2n) is 6.85. The highest BCUT2D eigenvalue weighted by atomic mass is 35.5. The van der Waals surface area contributed by atoms with Gasteiger partial charge in [0.25, 0.3) is 0 Å². The number of pyridine rings is 1. The number of benzene rings is 2. The van der Waals surface area contributed by atoms with Gasteiger partial charge in [-0.2, -0.15) is 0 Å². The minimum absolute atomic E-state index is 0.208. The van der Waals surface area contributed by atoms with Crippen molar-refractivity contribution in [3.8, 4) is 22.5 Å². The first-order valence-electron chi connectivity index (χ1n) is 8.96. The summed E-state index contributed by atoms with van der Waals surface area (Å²) in [7, 11) is -3.49. The highest BCUT2D eigenvalue weighted by Gasteiger charge is 2.18. The molecule has 0 saturated heterocycles. The summed E-state index contributed by atoms with van der Waals surface area (Å²) in [5, 5.41) is 0.221. The zero-order chi connectivity index (χ0) is 21.5. The van der Waals surface area contributed by atoms with Gasteiger partial charge in [-0.15, -0.1) is 0 Å². The van der Waals surface area contributed by atoms with Crippen molar-refractivity contribution in [3.05, 3.63) is 75.5 Å². The SMILES string of the molecule is Cc1cc(-c2nc3c(=O)cc[nH]c3nc2-c2ccccc2)cc(Cl)c1NS(C)(=O)=O. The number of aromatic nitrogens is 3. The molecule has 2 aromatic heterocycles. The third-order valence-electron chi connectivity index (χ3n) is 4.48. The molecule has 0 fully saturated rings. The van der Waals surface area contributed by atoms with E-state index in [1.54, 1.807) is 19.1 Å². The van der Waals surface area contributed by atoms with Crippen LogP contribution in [0.25, 0.3) is 33.7 Å². The van der Waals surface area contributed by atoms with Crippen LogP contribution in [0, 0.1) is 6.92 Å². The Balaban J connectivity index is 2.00. The number of hydrogen-bond acceptors (Lipinski definition) is 5. The first kappa shape index (κ1) is 20.1. The number of nitrogens with zero attached hydrogens (tertiary/aromatic N) is 2. The van der Waals surface area contributed by atoms with Crippen LogP contribution in [0.5, 0.6) is 0 Å². The molecule has 2 N–H and O–H groups in total. The van der Waals surface area contributed by atoms with E-state index in [9.17, 15) is 13.2 Å². The van der Waals surface area contributed by atoms with Crippen molar-refractivity contribution in [2.75, 3.05) is 11.0 Å². The highest BCUT2D eigenvalue weighted by molar-refractivity contribution is 7.92. The summed E-state index contributed by atoms with van der Waals surface area (Å²) in [5.74, 6) is 0. The van der Waals surface area contributed by atoms with Crippen LogP contribution in [0.2, 0.25) is 5.02 Å². The Morgan fingerprint density at radius 3 is 2.37 bits per heavy atom. The summed E-state index contributed by atoms with van der Waals surface area (Å²) in [4.78, 5) is 24.5. The molecule has 30 heavy (non-hydrogen) atoms. The molecule has 0 radical (unpaired) electrons. The molecule has 0 aliphatic carbocycles. The molecule has 2 heterocycles. The van der Waals surface area contributed by atoms with Crippen LogP contribution in [-0.4, -0.2) is 29.6 Å². The van der Waals surface area contributed by atoms with Gasteiger partial charge in [-0.3, -0.25) is 9.52 Å². The second-order valence-corrected chi connectivity index (χ2v) is 9.01. The number of aryl methyl sites for hydroxylation is 1. The summed E-state index contributed by atoms with van der Waals surface area (Å²) >= 11 is 6.40. The molecule has 7 nitrogen and oxygen atoms in total. The summed E-state index contributed by atoms with van der Waals surface area (Å²) in [6, 6.07) is 14.2. The van der Waals surface area contributed by atoms with E-state index in [1.807, 2.05) is 30.3 Å². The van der Waals surface area contributed by atoms with E-state index >= 15 is 0 Å². The molecule has 0 bridgehead atoms. The lowest BCUT2D eigenvalue weighted by Gasteiger charge is -2.14. The standard InChI is InChI=1S/C21H17ClN4O3S/c1-12-10-14(11-15(22)17(12)26-30(2,28)29)19-18(13-6-4-3-5-7-13)25-21-20(24-19)16(27)8-9-23-21/h3-11,26H,1-2H3,(H,23,25,27). The quantitative estimate of drug-likeness (QED) is 0.499. The Morgan fingerprint density at radius 2 is 1.70 bits per heavy atom. The van der Waals surface area contributed by atoms with Crippen LogP contribution in [0.3, 0.4) is 0 Å². The minimum Gasteiger partial charge on any atom is -0.345 e. The number of halogens is 1. The van der Waals surface area contributed by atoms with E-state index in [-0.39, 0.29) is 16.0 Å². The first-order chi connectivity index (χ1) is 14.2. The van der Waals surface area contributed by atoms with Gasteiger partial charge < -0.3 is 4.98 Å². The average Bonchev–Trinajstić information content (AvgIpc) is 2.70. The number of nitrogens with one attached hydrogen (secondary N) is 2. The van der Waals surface area contributed by atoms with Gasteiger partial charge in [0.05, 0.1) is 28.4 Å². The second kappa shape index (κ2) is 7.55. The lowest BCUT2D eigenvalue weighted by molar-refractivity contribution is 0.607. The monoisotopic (exact) mass is 440 g/mol. The maximum Gasteiger partial charge on any atom is 0.229 e. The first-order valence-corrected chi connectivity index (χ1v) is 11.2. The summed E-state index contributed by atoms with van der Waals surface area (Å²) in [6.45, 7) is 1.74. The summed E-state index contributed by atoms with van der Waals surface area (Å²) < 4.78 is 25.7. The fourth-order valence-corrected chi connectivity index (χ4v) is 4.19. The van der Waals surface area contributed by atoms with Gasteiger partial charge in [0.15, 0.2) is 11.2 Å². The number of hydrogen-bond donors (Lipinski definition) is 2. The molecule has 4 aromatic rings. The van der Waals surface area contributed by atoms with Gasteiger partial charge in [0.2, 0.25) is 15.5 Å². The van der Waals surface area contributed by atoms with Gasteiger partial charge in [-0.1, -0.05) is 41.9 Å². The van der Waals surface area contributed by atoms with Crippen molar-refractivity contribution in [2.24, 2.45) is 0 Å². The van der Waals surface area contributed by atoms with Crippen molar-refractivity contribution >= 4 is 38.5 Å². The van der Waals surface area contributed by atoms with Crippen LogP contribution >= 0.6 is 11.6 Å². The fraction of sp³-hybridized carbons (Fsp3) is 0.0952. The van der Waals surface area contributed by atoms with Gasteiger partial charge >= 0.3 is 0 Å². The summed E-state index contributed by atoms with van der Waals surface area (Å²) in [6.07, 6.45) is 2.59. The molecule has 0 aliphatic rings. The van der Waals surface area contributed by atoms with Gasteiger partial charge in [-0.05, 0) is 24.6 Å². The molecule has 152 valence electrons. The Bertz CT molecular complexity index is 1410. The van der Waals surface area contributed by atoms with Crippen molar-refractivity contribution in [1.29, 1.82) is 0 Å². The third kappa shape index (κ3) is 3.92. The topological polar surface area (TPSA) is 105 Å². The van der Waals surface area contributed by atoms with Crippen molar-refractivity contribution < 1.29 is 8.42 Å². The van der Waals surface area contributed by atoms with Gasteiger partial charge in [0, 0.05) is 23.4 Å². The number of aromatic amines is 1. The third-order valence-corrected chi connectivity index (χ3v) is 5.35. The Labute approximate surface area is 177 Å². The largest absolute Gasteiger partial charge is 0.345 e. The van der Waals surface area contributed by atoms with E-state index in [2.05, 4.69) is 19.7 Å². The van der Waals surface area contributed by atoms with Crippen LogP contribution in [0.15, 0.2) is 59.5 Å². The number of anilines is 1. The van der Waals surface area contributed by atoms with Crippen molar-refractivity contribution in [1.82, 2.24) is 15.0 Å². The van der Waals surface area contributed by atoms with Crippen LogP contribution in [0.4, 0.5) is 5.69 Å². The molecule has 0 atom stereocenters. The van der Waals surface area contributed by atoms with Crippen LogP contribution < -0.4 is 10.2 Å². The minimum atomic E-state index is -3.49. The zero-order valence-electron chi connectivity index (χ0n) is 16.1. The predicted molar refractivity (Wildman–Crippen MR) is 119 cm³/mol. The predicted octanol–water partition coefficient (Wildman–Crippen LogP) is 3.99. The fourth-order valence-electron chi connectivity index (χ4n) is 3.18. The van der Waals surface area contributed by atoms with Crippen molar-refractivity contribution in [2.45, 2.75) is 6.92 Å². The lowest BCUT2D eigenvalue weighted by Crippen LogP contribution is -2.11. The Hall–Kier alpha value is -3.23. The molecule has 9 heteroatoms. The van der Waals surface area contributed by atoms with Crippen LogP contribution in [0.1, 0.15) is 5.56 Å². The molecule has 0 amide bonds. The maximum atomic E-state index is 12.3.